The van der Waals surface area contributed by atoms with Gasteiger partial charge in [-0.15, -0.1) is 0 Å². The Hall–Kier alpha value is -2.59. The maximum Gasteiger partial charge on any atom is 0.180 e. The van der Waals surface area contributed by atoms with Crippen LogP contribution in [0.15, 0.2) is 48.7 Å². The monoisotopic (exact) mass is 294 g/mol. The topological polar surface area (TPSA) is 67.6 Å². The van der Waals surface area contributed by atoms with E-state index in [1.54, 1.807) is 0 Å². The molecule has 0 bridgehead atoms. The summed E-state index contributed by atoms with van der Waals surface area (Å²) in [6.07, 6.45) is 1.52. The number of nitrogens with zero attached hydrogens (tertiary/aromatic N) is 2. The number of halogens is 1. The van der Waals surface area contributed by atoms with E-state index in [-0.39, 0.29) is 0 Å². The largest absolute Gasteiger partial charge is 0.396 e. The summed E-state index contributed by atoms with van der Waals surface area (Å²) < 4.78 is 0. The molecule has 0 fully saturated rings. The Morgan fingerprint density at radius 3 is 2.76 bits per heavy atom. The molecule has 0 saturated carbocycles. The Labute approximate surface area is 125 Å². The minimum absolute atomic E-state index is 0.426. The van der Waals surface area contributed by atoms with E-state index < -0.39 is 0 Å². The Bertz CT molecular complexity index is 969. The van der Waals surface area contributed by atoms with Gasteiger partial charge in [-0.3, -0.25) is 0 Å². The first-order chi connectivity index (χ1) is 10.2. The Balaban J connectivity index is 2.03. The highest BCUT2D eigenvalue weighted by atomic mass is 35.5. The average Bonchev–Trinajstić information content (AvgIpc) is 2.95. The normalized spacial score (nSPS) is 11.3. The molecule has 4 rings (SSSR count). The van der Waals surface area contributed by atoms with Crippen LogP contribution in [0, 0.1) is 0 Å². The fourth-order valence-electron chi connectivity index (χ4n) is 2.51. The Kier molecular flexibility index (Phi) is 2.59. The van der Waals surface area contributed by atoms with Crippen LogP contribution in [0.5, 0.6) is 0 Å². The van der Waals surface area contributed by atoms with E-state index in [2.05, 4.69) is 33.2 Å². The smallest absolute Gasteiger partial charge is 0.180 e. The summed E-state index contributed by atoms with van der Waals surface area (Å²) in [6.45, 7) is 0. The quantitative estimate of drug-likeness (QED) is 0.557. The van der Waals surface area contributed by atoms with Crippen LogP contribution in [-0.2, 0) is 0 Å². The van der Waals surface area contributed by atoms with E-state index in [4.69, 9.17) is 17.3 Å². The highest BCUT2D eigenvalue weighted by Crippen LogP contribution is 2.31. The van der Waals surface area contributed by atoms with Gasteiger partial charge in [0, 0.05) is 5.56 Å². The number of H-pyrrole nitrogens is 1. The molecule has 21 heavy (non-hydrogen) atoms. The van der Waals surface area contributed by atoms with Crippen molar-refractivity contribution >= 4 is 39.2 Å². The number of benzene rings is 2. The third-order valence-corrected chi connectivity index (χ3v) is 3.86. The van der Waals surface area contributed by atoms with E-state index >= 15 is 0 Å². The summed E-state index contributed by atoms with van der Waals surface area (Å²) in [5, 5.41) is 2.72. The lowest BCUT2D eigenvalue weighted by molar-refractivity contribution is 1.31. The molecule has 4 nitrogen and oxygen atoms in total. The summed E-state index contributed by atoms with van der Waals surface area (Å²) >= 11 is 6.00. The van der Waals surface area contributed by atoms with Crippen molar-refractivity contribution in [3.8, 4) is 11.4 Å². The number of fused-ring (bicyclic) bond motifs is 2. The molecule has 4 aromatic rings. The molecule has 0 amide bonds. The standard InChI is InChI=1S/C16H11ClN4/c17-12-8-19-16-14(13(12)18)20-15(21-16)11-7-3-5-9-4-1-2-6-10(9)11/h1-8H,(H3,18,19,20,21). The van der Waals surface area contributed by atoms with E-state index in [9.17, 15) is 0 Å². The van der Waals surface area contributed by atoms with Crippen LogP contribution in [0.2, 0.25) is 5.02 Å². The first kappa shape index (κ1) is 12.2. The van der Waals surface area contributed by atoms with Crippen molar-refractivity contribution in [2.45, 2.75) is 0 Å². The molecule has 102 valence electrons. The number of aromatic nitrogens is 3. The van der Waals surface area contributed by atoms with Crippen LogP contribution in [0.4, 0.5) is 5.69 Å². The van der Waals surface area contributed by atoms with E-state index in [1.807, 2.05) is 24.3 Å². The predicted octanol–water partition coefficient (Wildman–Crippen LogP) is 4.01. The number of anilines is 1. The molecule has 0 aliphatic rings. The molecule has 0 saturated heterocycles. The van der Waals surface area contributed by atoms with Crippen LogP contribution in [0.1, 0.15) is 0 Å². The number of aromatic amines is 1. The minimum Gasteiger partial charge on any atom is -0.396 e. The number of hydrogen-bond acceptors (Lipinski definition) is 3. The average molecular weight is 295 g/mol. The minimum atomic E-state index is 0.426. The summed E-state index contributed by atoms with van der Waals surface area (Å²) in [5.74, 6) is 0.739. The van der Waals surface area contributed by atoms with Gasteiger partial charge in [-0.25, -0.2) is 9.97 Å². The first-order valence-corrected chi connectivity index (χ1v) is 6.89. The SMILES string of the molecule is Nc1c(Cl)cnc2nc(-c3cccc4ccccc34)[nH]c12. The second-order valence-electron chi connectivity index (χ2n) is 4.83. The van der Waals surface area contributed by atoms with Gasteiger partial charge in [0.25, 0.3) is 0 Å². The second-order valence-corrected chi connectivity index (χ2v) is 5.24. The van der Waals surface area contributed by atoms with Crippen molar-refractivity contribution in [2.24, 2.45) is 0 Å². The Morgan fingerprint density at radius 1 is 1.05 bits per heavy atom. The number of pyridine rings is 1. The third-order valence-electron chi connectivity index (χ3n) is 3.56. The van der Waals surface area contributed by atoms with Crippen molar-refractivity contribution in [3.63, 3.8) is 0 Å². The molecule has 3 N–H and O–H groups in total. The van der Waals surface area contributed by atoms with Gasteiger partial charge < -0.3 is 10.7 Å². The van der Waals surface area contributed by atoms with Crippen molar-refractivity contribution in [2.75, 3.05) is 5.73 Å². The maximum absolute atomic E-state index is 6.00. The van der Waals surface area contributed by atoms with Gasteiger partial charge in [0.2, 0.25) is 0 Å². The molecule has 5 heteroatoms. The number of imidazole rings is 1. The molecule has 2 heterocycles. The van der Waals surface area contributed by atoms with Gasteiger partial charge in [-0.1, -0.05) is 54.1 Å². The summed E-state index contributed by atoms with van der Waals surface area (Å²) in [4.78, 5) is 12.0. The zero-order valence-electron chi connectivity index (χ0n) is 11.0. The van der Waals surface area contributed by atoms with Crippen molar-refractivity contribution in [1.82, 2.24) is 15.0 Å². The van der Waals surface area contributed by atoms with Crippen LogP contribution in [-0.4, -0.2) is 15.0 Å². The maximum atomic E-state index is 6.00. The molecule has 0 aliphatic heterocycles. The van der Waals surface area contributed by atoms with Gasteiger partial charge in [0.05, 0.1) is 16.9 Å². The van der Waals surface area contributed by atoms with E-state index in [0.717, 1.165) is 22.2 Å². The summed E-state index contributed by atoms with van der Waals surface area (Å²) in [7, 11) is 0. The molecular weight excluding hydrogens is 284 g/mol. The first-order valence-electron chi connectivity index (χ1n) is 6.52. The van der Waals surface area contributed by atoms with Crippen LogP contribution in [0.3, 0.4) is 0 Å². The third kappa shape index (κ3) is 1.84. The lowest BCUT2D eigenvalue weighted by atomic mass is 10.0. The van der Waals surface area contributed by atoms with Gasteiger partial charge in [-0.05, 0) is 10.8 Å². The van der Waals surface area contributed by atoms with E-state index in [1.165, 1.54) is 6.20 Å². The lowest BCUT2D eigenvalue weighted by Gasteiger charge is -2.03. The van der Waals surface area contributed by atoms with Gasteiger partial charge in [0.1, 0.15) is 11.3 Å². The van der Waals surface area contributed by atoms with E-state index in [0.29, 0.717) is 21.9 Å². The predicted molar refractivity (Wildman–Crippen MR) is 86.3 cm³/mol. The molecule has 0 spiro atoms. The molecule has 2 aromatic heterocycles. The molecule has 0 atom stereocenters. The zero-order valence-corrected chi connectivity index (χ0v) is 11.7. The fraction of sp³-hybridized carbons (Fsp3) is 0. The van der Waals surface area contributed by atoms with Gasteiger partial charge in [0.15, 0.2) is 5.65 Å². The summed E-state index contributed by atoms with van der Waals surface area (Å²) in [5.41, 5.74) is 8.71. The molecule has 0 radical (unpaired) electrons. The molecule has 2 aromatic carbocycles. The van der Waals surface area contributed by atoms with Crippen molar-refractivity contribution in [3.05, 3.63) is 53.7 Å². The van der Waals surface area contributed by atoms with Crippen LogP contribution < -0.4 is 5.73 Å². The van der Waals surface area contributed by atoms with Gasteiger partial charge >= 0.3 is 0 Å². The number of nitrogens with two attached hydrogens (primary N) is 1. The molecule has 0 unspecified atom stereocenters. The highest BCUT2D eigenvalue weighted by molar-refractivity contribution is 6.34. The summed E-state index contributed by atoms with van der Waals surface area (Å²) in [6, 6.07) is 14.3. The molecular formula is C16H11ClN4. The van der Waals surface area contributed by atoms with Crippen molar-refractivity contribution < 1.29 is 0 Å². The second kappa shape index (κ2) is 4.46. The highest BCUT2D eigenvalue weighted by Gasteiger charge is 2.12. The number of nitrogen functional groups attached to an aromatic ring is 1. The fourth-order valence-corrected chi connectivity index (χ4v) is 2.65. The van der Waals surface area contributed by atoms with Gasteiger partial charge in [-0.2, -0.15) is 0 Å². The Morgan fingerprint density at radius 2 is 1.86 bits per heavy atom. The molecule has 0 aliphatic carbocycles. The number of nitrogens with one attached hydrogen (secondary N) is 1. The lowest BCUT2D eigenvalue weighted by Crippen LogP contribution is -1.89. The zero-order chi connectivity index (χ0) is 14.4. The number of hydrogen-bond donors (Lipinski definition) is 2. The van der Waals surface area contributed by atoms with Crippen molar-refractivity contribution in [1.29, 1.82) is 0 Å². The number of rotatable bonds is 1. The van der Waals surface area contributed by atoms with Crippen LogP contribution in [0.25, 0.3) is 33.3 Å². The van der Waals surface area contributed by atoms with Crippen LogP contribution >= 0.6 is 11.6 Å².